The van der Waals surface area contributed by atoms with Gasteiger partial charge in [0.15, 0.2) is 17.6 Å². The first-order valence-corrected chi connectivity index (χ1v) is 4.72. The first kappa shape index (κ1) is 9.34. The van der Waals surface area contributed by atoms with Crippen molar-refractivity contribution in [2.75, 3.05) is 13.2 Å². The van der Waals surface area contributed by atoms with E-state index in [9.17, 15) is 0 Å². The second-order valence-electron chi connectivity index (χ2n) is 3.62. The van der Waals surface area contributed by atoms with Crippen molar-refractivity contribution in [1.29, 1.82) is 0 Å². The molecule has 0 bridgehead atoms. The van der Waals surface area contributed by atoms with Crippen LogP contribution in [0.2, 0.25) is 0 Å². The highest BCUT2D eigenvalue weighted by molar-refractivity contribution is 5.47. The summed E-state index contributed by atoms with van der Waals surface area (Å²) in [4.78, 5) is 0. The Morgan fingerprint density at radius 3 is 2.57 bits per heavy atom. The van der Waals surface area contributed by atoms with Crippen LogP contribution in [0.5, 0.6) is 11.5 Å². The van der Waals surface area contributed by atoms with Crippen LogP contribution in [0.4, 0.5) is 0 Å². The van der Waals surface area contributed by atoms with E-state index in [0.29, 0.717) is 6.61 Å². The first-order valence-electron chi connectivity index (χ1n) is 4.72. The number of rotatable bonds is 1. The van der Waals surface area contributed by atoms with E-state index in [1.807, 2.05) is 26.0 Å². The number of ether oxygens (including phenoxy) is 2. The predicted molar refractivity (Wildman–Crippen MR) is 52.9 cm³/mol. The molecule has 1 atom stereocenters. The molecule has 0 fully saturated rings. The average Bonchev–Trinajstić information content (AvgIpc) is 2.19. The van der Waals surface area contributed by atoms with Gasteiger partial charge < -0.3 is 14.6 Å². The molecule has 3 heteroatoms. The predicted octanol–water partition coefficient (Wildman–Crippen LogP) is 1.44. The Balaban J connectivity index is 2.33. The topological polar surface area (TPSA) is 38.7 Å². The van der Waals surface area contributed by atoms with Crippen molar-refractivity contribution < 1.29 is 14.6 Å². The van der Waals surface area contributed by atoms with Gasteiger partial charge in [0.1, 0.15) is 6.61 Å². The van der Waals surface area contributed by atoms with Crippen molar-refractivity contribution in [3.05, 3.63) is 23.3 Å². The third-order valence-corrected chi connectivity index (χ3v) is 2.48. The summed E-state index contributed by atoms with van der Waals surface area (Å²) in [5, 5.41) is 8.94. The zero-order valence-electron chi connectivity index (χ0n) is 8.41. The first-order chi connectivity index (χ1) is 6.70. The molecule has 0 saturated heterocycles. The van der Waals surface area contributed by atoms with Gasteiger partial charge in [-0.15, -0.1) is 0 Å². The zero-order chi connectivity index (χ0) is 10.1. The smallest absolute Gasteiger partial charge is 0.162 e. The molecule has 3 nitrogen and oxygen atoms in total. The Morgan fingerprint density at radius 1 is 1.29 bits per heavy atom. The summed E-state index contributed by atoms with van der Waals surface area (Å²) in [7, 11) is 0. The van der Waals surface area contributed by atoms with E-state index in [2.05, 4.69) is 0 Å². The third kappa shape index (κ3) is 1.55. The maximum absolute atomic E-state index is 8.94. The largest absolute Gasteiger partial charge is 0.486 e. The molecule has 1 heterocycles. The average molecular weight is 194 g/mol. The normalized spacial score (nSPS) is 19.5. The van der Waals surface area contributed by atoms with Crippen LogP contribution in [-0.4, -0.2) is 24.4 Å². The Kier molecular flexibility index (Phi) is 2.33. The molecule has 0 saturated carbocycles. The van der Waals surface area contributed by atoms with E-state index in [1.54, 1.807) is 0 Å². The van der Waals surface area contributed by atoms with Crippen molar-refractivity contribution in [3.63, 3.8) is 0 Å². The molecule has 1 aromatic rings. The fourth-order valence-corrected chi connectivity index (χ4v) is 1.45. The molecule has 76 valence electrons. The molecule has 2 rings (SSSR count). The van der Waals surface area contributed by atoms with Gasteiger partial charge in [0, 0.05) is 0 Å². The minimum Gasteiger partial charge on any atom is -0.486 e. The highest BCUT2D eigenvalue weighted by Gasteiger charge is 2.20. The molecule has 0 amide bonds. The fraction of sp³-hybridized carbons (Fsp3) is 0.455. The van der Waals surface area contributed by atoms with Gasteiger partial charge in [0.2, 0.25) is 0 Å². The van der Waals surface area contributed by atoms with Crippen molar-refractivity contribution in [2.45, 2.75) is 20.0 Å². The Bertz CT molecular complexity index is 347. The molecule has 0 radical (unpaired) electrons. The van der Waals surface area contributed by atoms with Gasteiger partial charge in [-0.25, -0.2) is 0 Å². The number of hydrogen-bond donors (Lipinski definition) is 1. The quantitative estimate of drug-likeness (QED) is 0.735. The lowest BCUT2D eigenvalue weighted by molar-refractivity contribution is 0.0455. The summed E-state index contributed by atoms with van der Waals surface area (Å²) in [5.41, 5.74) is 2.36. The van der Waals surface area contributed by atoms with E-state index in [0.717, 1.165) is 11.5 Å². The molecule has 1 aliphatic rings. The summed E-state index contributed by atoms with van der Waals surface area (Å²) in [5.74, 6) is 1.51. The van der Waals surface area contributed by atoms with E-state index in [1.165, 1.54) is 11.1 Å². The Labute approximate surface area is 83.3 Å². The standard InChI is InChI=1S/C11H14O3/c1-7-3-10-11(4-8(7)2)14-9(5-12)6-13-10/h3-4,9,12H,5-6H2,1-2H3. The molecular formula is C11H14O3. The van der Waals surface area contributed by atoms with Crippen molar-refractivity contribution >= 4 is 0 Å². The molecule has 0 aromatic heterocycles. The summed E-state index contributed by atoms with van der Waals surface area (Å²) in [6.07, 6.45) is -0.232. The molecule has 0 spiro atoms. The van der Waals surface area contributed by atoms with Crippen LogP contribution >= 0.6 is 0 Å². The zero-order valence-corrected chi connectivity index (χ0v) is 8.41. The molecular weight excluding hydrogens is 180 g/mol. The fourth-order valence-electron chi connectivity index (χ4n) is 1.45. The van der Waals surface area contributed by atoms with Crippen LogP contribution in [0, 0.1) is 13.8 Å². The highest BCUT2D eigenvalue weighted by Crippen LogP contribution is 2.34. The second kappa shape index (κ2) is 3.50. The highest BCUT2D eigenvalue weighted by atomic mass is 16.6. The number of hydrogen-bond acceptors (Lipinski definition) is 3. The molecule has 1 aliphatic heterocycles. The maximum Gasteiger partial charge on any atom is 0.162 e. The minimum absolute atomic E-state index is 0.00758. The summed E-state index contributed by atoms with van der Waals surface area (Å²) < 4.78 is 11.0. The number of fused-ring (bicyclic) bond motifs is 1. The lowest BCUT2D eigenvalue weighted by Gasteiger charge is -2.25. The Morgan fingerprint density at radius 2 is 1.93 bits per heavy atom. The SMILES string of the molecule is Cc1cc2c(cc1C)OC(CO)CO2. The van der Waals surface area contributed by atoms with E-state index >= 15 is 0 Å². The van der Waals surface area contributed by atoms with Gasteiger partial charge in [-0.2, -0.15) is 0 Å². The van der Waals surface area contributed by atoms with Crippen LogP contribution in [-0.2, 0) is 0 Å². The second-order valence-corrected chi connectivity index (χ2v) is 3.62. The lowest BCUT2D eigenvalue weighted by atomic mass is 10.1. The number of aryl methyl sites for hydroxylation is 2. The van der Waals surface area contributed by atoms with E-state index < -0.39 is 0 Å². The van der Waals surface area contributed by atoms with Gasteiger partial charge in [-0.3, -0.25) is 0 Å². The summed E-state index contributed by atoms with van der Waals surface area (Å²) in [6.45, 7) is 4.48. The number of aliphatic hydroxyl groups is 1. The van der Waals surface area contributed by atoms with Gasteiger partial charge in [0.05, 0.1) is 6.61 Å². The Hall–Kier alpha value is -1.22. The molecule has 1 aromatic carbocycles. The van der Waals surface area contributed by atoms with Crippen molar-refractivity contribution in [3.8, 4) is 11.5 Å². The monoisotopic (exact) mass is 194 g/mol. The van der Waals surface area contributed by atoms with Crippen LogP contribution in [0.25, 0.3) is 0 Å². The minimum atomic E-state index is -0.232. The molecule has 0 aliphatic carbocycles. The number of benzene rings is 1. The van der Waals surface area contributed by atoms with Gasteiger partial charge in [0.25, 0.3) is 0 Å². The van der Waals surface area contributed by atoms with Gasteiger partial charge >= 0.3 is 0 Å². The van der Waals surface area contributed by atoms with Crippen molar-refractivity contribution in [2.24, 2.45) is 0 Å². The molecule has 14 heavy (non-hydrogen) atoms. The van der Waals surface area contributed by atoms with Crippen LogP contribution in [0.3, 0.4) is 0 Å². The number of aliphatic hydroxyl groups excluding tert-OH is 1. The lowest BCUT2D eigenvalue weighted by Crippen LogP contribution is -2.32. The van der Waals surface area contributed by atoms with E-state index in [-0.39, 0.29) is 12.7 Å². The van der Waals surface area contributed by atoms with Gasteiger partial charge in [-0.05, 0) is 37.1 Å². The maximum atomic E-state index is 8.94. The summed E-state index contributed by atoms with van der Waals surface area (Å²) in [6, 6.07) is 3.92. The van der Waals surface area contributed by atoms with E-state index in [4.69, 9.17) is 14.6 Å². The molecule has 1 N–H and O–H groups in total. The van der Waals surface area contributed by atoms with Gasteiger partial charge in [-0.1, -0.05) is 0 Å². The van der Waals surface area contributed by atoms with Crippen LogP contribution < -0.4 is 9.47 Å². The van der Waals surface area contributed by atoms with Crippen LogP contribution in [0.1, 0.15) is 11.1 Å². The van der Waals surface area contributed by atoms with Crippen LogP contribution in [0.15, 0.2) is 12.1 Å². The van der Waals surface area contributed by atoms with Crippen molar-refractivity contribution in [1.82, 2.24) is 0 Å². The summed E-state index contributed by atoms with van der Waals surface area (Å²) >= 11 is 0. The molecule has 1 unspecified atom stereocenters. The third-order valence-electron chi connectivity index (χ3n) is 2.48.